The number of halogens is 2. The van der Waals surface area contributed by atoms with Gasteiger partial charge in [-0.15, -0.1) is 0 Å². The number of hydrogen-bond acceptors (Lipinski definition) is 5. The second-order valence-corrected chi connectivity index (χ2v) is 8.24. The lowest BCUT2D eigenvalue weighted by Crippen LogP contribution is -2.14. The number of pyridine rings is 1. The number of allylic oxidation sites excluding steroid dienone is 1. The SMILES string of the molecule is Cc1nc2ccc(C3=CCc4nc(NCC5(C)CC5)ncc43)nc2n1CC(F)F.[HH]. The Hall–Kier alpha value is -2.90. The van der Waals surface area contributed by atoms with E-state index < -0.39 is 13.0 Å². The van der Waals surface area contributed by atoms with E-state index in [4.69, 9.17) is 0 Å². The number of anilines is 1. The molecule has 5 rings (SSSR count). The first-order valence-corrected chi connectivity index (χ1v) is 9.85. The van der Waals surface area contributed by atoms with Gasteiger partial charge in [-0.05, 0) is 37.3 Å². The number of hydrogen-bond donors (Lipinski definition) is 1. The van der Waals surface area contributed by atoms with Crippen LogP contribution in [0, 0.1) is 12.3 Å². The fourth-order valence-electron chi connectivity index (χ4n) is 3.74. The largest absolute Gasteiger partial charge is 0.354 e. The molecule has 0 amide bonds. The van der Waals surface area contributed by atoms with E-state index in [1.807, 2.05) is 18.3 Å². The third kappa shape index (κ3) is 3.36. The maximum Gasteiger partial charge on any atom is 0.256 e. The Kier molecular flexibility index (Phi) is 4.11. The van der Waals surface area contributed by atoms with Crippen LogP contribution in [0.3, 0.4) is 0 Å². The quantitative estimate of drug-likeness (QED) is 0.673. The van der Waals surface area contributed by atoms with Crippen molar-refractivity contribution in [1.29, 1.82) is 0 Å². The van der Waals surface area contributed by atoms with Crippen LogP contribution in [0.4, 0.5) is 14.7 Å². The zero-order valence-electron chi connectivity index (χ0n) is 16.4. The number of imidazole rings is 1. The second-order valence-electron chi connectivity index (χ2n) is 8.24. The lowest BCUT2D eigenvalue weighted by Gasteiger charge is -2.11. The van der Waals surface area contributed by atoms with Crippen molar-refractivity contribution in [2.45, 2.75) is 46.1 Å². The lowest BCUT2D eigenvalue weighted by atomic mass is 10.1. The van der Waals surface area contributed by atoms with Gasteiger partial charge in [-0.25, -0.2) is 28.7 Å². The average Bonchev–Trinajstić information content (AvgIpc) is 3.16. The first kappa shape index (κ1) is 18.1. The number of alkyl halides is 2. The van der Waals surface area contributed by atoms with Crippen LogP contribution in [0.25, 0.3) is 16.7 Å². The fourth-order valence-corrected chi connectivity index (χ4v) is 3.74. The van der Waals surface area contributed by atoms with Crippen LogP contribution in [0.2, 0.25) is 0 Å². The maximum absolute atomic E-state index is 13.0. The van der Waals surface area contributed by atoms with Crippen LogP contribution in [-0.2, 0) is 13.0 Å². The van der Waals surface area contributed by atoms with E-state index in [-0.39, 0.29) is 1.43 Å². The van der Waals surface area contributed by atoms with Crippen molar-refractivity contribution < 1.29 is 10.2 Å². The molecule has 6 nitrogen and oxygen atoms in total. The van der Waals surface area contributed by atoms with E-state index >= 15 is 0 Å². The van der Waals surface area contributed by atoms with Gasteiger partial charge < -0.3 is 9.88 Å². The molecule has 29 heavy (non-hydrogen) atoms. The molecule has 2 aliphatic carbocycles. The number of fused-ring (bicyclic) bond motifs is 2. The zero-order chi connectivity index (χ0) is 20.2. The summed E-state index contributed by atoms with van der Waals surface area (Å²) in [5, 5.41) is 3.34. The normalized spacial score (nSPS) is 16.9. The summed E-state index contributed by atoms with van der Waals surface area (Å²) in [6.07, 6.45) is 4.62. The molecule has 0 saturated heterocycles. The molecule has 3 aromatic heterocycles. The Balaban J connectivity index is 0.00000218. The summed E-state index contributed by atoms with van der Waals surface area (Å²) in [7, 11) is 0. The van der Waals surface area contributed by atoms with Crippen LogP contribution in [0.1, 0.15) is 44.0 Å². The molecule has 2 aliphatic rings. The molecular formula is C21H24F2N6. The highest BCUT2D eigenvalue weighted by molar-refractivity contribution is 5.85. The van der Waals surface area contributed by atoms with Crippen LogP contribution < -0.4 is 5.32 Å². The van der Waals surface area contributed by atoms with Gasteiger partial charge in [0.15, 0.2) is 5.65 Å². The standard InChI is InChI=1S/C21H22F2N6.H2/c1-12-26-17-6-5-15(27-19(17)29(12)10-18(22)23)13-3-4-16-14(13)9-24-20(28-16)25-11-21(2)7-8-21;/h3,5-6,9,18H,4,7-8,10-11H2,1-2H3,(H,24,25,28);1H. The van der Waals surface area contributed by atoms with Crippen LogP contribution in [-0.4, -0.2) is 37.5 Å². The monoisotopic (exact) mass is 398 g/mol. The molecule has 0 radical (unpaired) electrons. The van der Waals surface area contributed by atoms with Crippen molar-refractivity contribution in [2.75, 3.05) is 11.9 Å². The van der Waals surface area contributed by atoms with Gasteiger partial charge in [-0.2, -0.15) is 0 Å². The summed E-state index contributed by atoms with van der Waals surface area (Å²) in [5.41, 5.74) is 5.03. The first-order chi connectivity index (χ1) is 13.9. The summed E-state index contributed by atoms with van der Waals surface area (Å²) >= 11 is 0. The summed E-state index contributed by atoms with van der Waals surface area (Å²) in [5.74, 6) is 1.19. The van der Waals surface area contributed by atoms with Gasteiger partial charge in [0.2, 0.25) is 5.95 Å². The molecule has 0 bridgehead atoms. The van der Waals surface area contributed by atoms with Gasteiger partial charge in [0.25, 0.3) is 6.43 Å². The predicted octanol–water partition coefficient (Wildman–Crippen LogP) is 4.24. The number of nitrogens with zero attached hydrogens (tertiary/aromatic N) is 5. The predicted molar refractivity (Wildman–Crippen MR) is 109 cm³/mol. The van der Waals surface area contributed by atoms with Crippen molar-refractivity contribution in [1.82, 2.24) is 24.5 Å². The van der Waals surface area contributed by atoms with Crippen LogP contribution in [0.5, 0.6) is 0 Å². The van der Waals surface area contributed by atoms with Crippen LogP contribution in [0.15, 0.2) is 24.4 Å². The molecule has 0 aliphatic heterocycles. The van der Waals surface area contributed by atoms with Crippen molar-refractivity contribution in [2.24, 2.45) is 5.41 Å². The van der Waals surface area contributed by atoms with Gasteiger partial charge in [0.1, 0.15) is 11.3 Å². The van der Waals surface area contributed by atoms with Gasteiger partial charge >= 0.3 is 0 Å². The molecule has 0 atom stereocenters. The minimum absolute atomic E-state index is 0. The van der Waals surface area contributed by atoms with Gasteiger partial charge in [-0.1, -0.05) is 13.0 Å². The molecular weight excluding hydrogens is 374 g/mol. The average molecular weight is 398 g/mol. The molecule has 3 aromatic rings. The van der Waals surface area contributed by atoms with Crippen molar-refractivity contribution in [3.05, 3.63) is 47.2 Å². The van der Waals surface area contributed by atoms with E-state index in [1.54, 1.807) is 6.92 Å². The Morgan fingerprint density at radius 3 is 2.83 bits per heavy atom. The third-order valence-corrected chi connectivity index (χ3v) is 5.81. The maximum atomic E-state index is 13.0. The molecule has 1 N–H and O–H groups in total. The molecule has 0 aromatic carbocycles. The minimum atomic E-state index is -2.46. The molecule has 0 spiro atoms. The zero-order valence-corrected chi connectivity index (χ0v) is 16.4. The highest BCUT2D eigenvalue weighted by Gasteiger charge is 2.37. The van der Waals surface area contributed by atoms with Crippen molar-refractivity contribution in [3.63, 3.8) is 0 Å². The van der Waals surface area contributed by atoms with E-state index in [0.29, 0.717) is 34.8 Å². The third-order valence-electron chi connectivity index (χ3n) is 5.81. The molecule has 1 saturated carbocycles. The Labute approximate surface area is 168 Å². The highest BCUT2D eigenvalue weighted by Crippen LogP contribution is 2.44. The summed E-state index contributed by atoms with van der Waals surface area (Å²) < 4.78 is 27.4. The number of rotatable bonds is 6. The Morgan fingerprint density at radius 2 is 2.07 bits per heavy atom. The smallest absolute Gasteiger partial charge is 0.256 e. The van der Waals surface area contributed by atoms with Crippen molar-refractivity contribution >= 4 is 22.7 Å². The van der Waals surface area contributed by atoms with Gasteiger partial charge in [0, 0.05) is 31.7 Å². The second kappa shape index (κ2) is 6.57. The van der Waals surface area contributed by atoms with E-state index in [9.17, 15) is 8.78 Å². The number of nitrogens with one attached hydrogen (secondary N) is 1. The minimum Gasteiger partial charge on any atom is -0.354 e. The number of aryl methyl sites for hydroxylation is 1. The van der Waals surface area contributed by atoms with Gasteiger partial charge in [-0.3, -0.25) is 0 Å². The summed E-state index contributed by atoms with van der Waals surface area (Å²) in [4.78, 5) is 18.1. The lowest BCUT2D eigenvalue weighted by molar-refractivity contribution is 0.127. The summed E-state index contributed by atoms with van der Waals surface area (Å²) in [6, 6.07) is 3.71. The van der Waals surface area contributed by atoms with Crippen molar-refractivity contribution in [3.8, 4) is 0 Å². The fraction of sp³-hybridized carbons (Fsp3) is 0.429. The Bertz CT molecular complexity index is 1140. The Morgan fingerprint density at radius 1 is 1.24 bits per heavy atom. The molecule has 3 heterocycles. The van der Waals surface area contributed by atoms with Gasteiger partial charge in [0.05, 0.1) is 17.9 Å². The van der Waals surface area contributed by atoms with E-state index in [2.05, 4.69) is 38.3 Å². The summed E-state index contributed by atoms with van der Waals surface area (Å²) in [6.45, 7) is 4.46. The molecule has 152 valence electrons. The molecule has 8 heteroatoms. The molecule has 1 fully saturated rings. The first-order valence-electron chi connectivity index (χ1n) is 9.85. The molecule has 0 unspecified atom stereocenters. The topological polar surface area (TPSA) is 68.5 Å². The van der Waals surface area contributed by atoms with E-state index in [0.717, 1.165) is 29.1 Å². The number of aromatic nitrogens is 5. The van der Waals surface area contributed by atoms with E-state index in [1.165, 1.54) is 17.4 Å². The highest BCUT2D eigenvalue weighted by atomic mass is 19.3. The van der Waals surface area contributed by atoms with Crippen LogP contribution >= 0.6 is 0 Å².